The summed E-state index contributed by atoms with van der Waals surface area (Å²) in [7, 11) is 0. The molecule has 0 radical (unpaired) electrons. The number of hydrogen-bond acceptors (Lipinski definition) is 7. The second-order valence-electron chi connectivity index (χ2n) is 1.34. The molecule has 3 nitrogen and oxygen atoms in total. The first-order chi connectivity index (χ1) is 5.91. The van der Waals surface area contributed by atoms with Gasteiger partial charge in [-0.1, -0.05) is 25.3 Å². The summed E-state index contributed by atoms with van der Waals surface area (Å²) < 4.78 is 13.6. The Bertz CT molecular complexity index is 235. The average Bonchev–Trinajstić information content (AvgIpc) is 1.80. The van der Waals surface area contributed by atoms with Crippen LogP contribution in [-0.4, -0.2) is 19.2 Å². The predicted octanol–water partition coefficient (Wildman–Crippen LogP) is 2.04. The van der Waals surface area contributed by atoms with E-state index in [1.165, 1.54) is 0 Å². The lowest BCUT2D eigenvalue weighted by molar-refractivity contribution is 0.340. The van der Waals surface area contributed by atoms with Gasteiger partial charge in [-0.25, -0.2) is 0 Å². The maximum absolute atomic E-state index is 4.62. The minimum Gasteiger partial charge on any atom is -0.399 e. The molecular formula is C4H2O3S6. The summed E-state index contributed by atoms with van der Waals surface area (Å²) in [5, 5.41) is -0.621. The van der Waals surface area contributed by atoms with Gasteiger partial charge < -0.3 is 14.2 Å². The van der Waals surface area contributed by atoms with E-state index in [9.17, 15) is 0 Å². The van der Waals surface area contributed by atoms with E-state index in [0.29, 0.717) is 0 Å². The van der Waals surface area contributed by atoms with Crippen LogP contribution in [0.2, 0.25) is 0 Å². The van der Waals surface area contributed by atoms with Crippen LogP contribution in [0.15, 0.2) is 0 Å². The summed E-state index contributed by atoms with van der Waals surface area (Å²) in [6.45, 7) is 0. The Kier molecular flexibility index (Phi) is 7.09. The quantitative estimate of drug-likeness (QED) is 0.521. The van der Waals surface area contributed by atoms with Gasteiger partial charge in [0.2, 0.25) is 8.77 Å². The highest BCUT2D eigenvalue weighted by molar-refractivity contribution is 8.11. The van der Waals surface area contributed by atoms with Gasteiger partial charge >= 0.3 is 10.5 Å². The first-order valence-corrected chi connectivity index (χ1v) is 5.02. The Labute approximate surface area is 107 Å². The molecule has 0 N–H and O–H groups in total. The zero-order valence-electron chi connectivity index (χ0n) is 5.75. The molecular weight excluding hydrogens is 288 g/mol. The van der Waals surface area contributed by atoms with Crippen LogP contribution in [-0.2, 0) is 14.2 Å². The summed E-state index contributed by atoms with van der Waals surface area (Å²) >= 11 is 25.3. The molecule has 0 spiro atoms. The molecule has 0 atom stereocenters. The van der Waals surface area contributed by atoms with Crippen LogP contribution in [0.3, 0.4) is 0 Å². The van der Waals surface area contributed by atoms with Gasteiger partial charge in [0, 0.05) is 24.4 Å². The fourth-order valence-electron chi connectivity index (χ4n) is 0.252. The van der Waals surface area contributed by atoms with Gasteiger partial charge in [-0.2, -0.15) is 0 Å². The lowest BCUT2D eigenvalue weighted by Gasteiger charge is -2.06. The summed E-state index contributed by atoms with van der Waals surface area (Å²) in [6.07, 6.45) is 0. The molecule has 0 aromatic rings. The molecule has 0 heterocycles. The Morgan fingerprint density at radius 3 is 1.23 bits per heavy atom. The standard InChI is InChI=1S/C4H2O3S6/c8-1(6-3(10)11)5-2(9)7-4(12)13/h(H,10,11)(H,12,13). The Morgan fingerprint density at radius 1 is 0.692 bits per heavy atom. The smallest absolute Gasteiger partial charge is 0.367 e. The predicted molar refractivity (Wildman–Crippen MR) is 71.6 cm³/mol. The van der Waals surface area contributed by atoms with Gasteiger partial charge in [-0.3, -0.25) is 0 Å². The van der Waals surface area contributed by atoms with Gasteiger partial charge in [-0.05, 0) is 24.4 Å². The zero-order valence-corrected chi connectivity index (χ0v) is 10.8. The molecule has 72 valence electrons. The first kappa shape index (κ1) is 13.5. The van der Waals surface area contributed by atoms with Crippen molar-refractivity contribution in [1.82, 2.24) is 0 Å². The van der Waals surface area contributed by atoms with Gasteiger partial charge in [0.15, 0.2) is 0 Å². The minimum atomic E-state index is -0.311. The zero-order chi connectivity index (χ0) is 10.4. The number of thiol groups is 2. The molecule has 0 rings (SSSR count). The summed E-state index contributed by atoms with van der Waals surface area (Å²) in [5.41, 5.74) is 0. The first-order valence-electron chi connectivity index (χ1n) is 2.49. The van der Waals surface area contributed by atoms with Gasteiger partial charge in [-0.15, -0.1) is 0 Å². The lowest BCUT2D eigenvalue weighted by atomic mass is 11.3. The van der Waals surface area contributed by atoms with Crippen molar-refractivity contribution in [2.75, 3.05) is 0 Å². The van der Waals surface area contributed by atoms with Crippen molar-refractivity contribution < 1.29 is 14.2 Å². The number of hydrogen-bond donors (Lipinski definition) is 2. The van der Waals surface area contributed by atoms with E-state index in [-0.39, 0.29) is 19.2 Å². The lowest BCUT2D eigenvalue weighted by Crippen LogP contribution is -2.16. The summed E-state index contributed by atoms with van der Waals surface area (Å²) in [4.78, 5) is 0. The van der Waals surface area contributed by atoms with Crippen molar-refractivity contribution in [3.63, 3.8) is 0 Å². The molecule has 0 aliphatic heterocycles. The van der Waals surface area contributed by atoms with Gasteiger partial charge in [0.1, 0.15) is 0 Å². The third kappa shape index (κ3) is 8.78. The third-order valence-electron chi connectivity index (χ3n) is 0.508. The number of ether oxygens (including phenoxy) is 3. The topological polar surface area (TPSA) is 27.7 Å². The van der Waals surface area contributed by atoms with E-state index in [0.717, 1.165) is 0 Å². The van der Waals surface area contributed by atoms with Crippen LogP contribution < -0.4 is 0 Å². The van der Waals surface area contributed by atoms with E-state index >= 15 is 0 Å². The molecule has 0 aromatic carbocycles. The molecule has 9 heteroatoms. The SMILES string of the molecule is S=C(S)OC(=S)OC(=S)OC(=S)S. The molecule has 0 saturated carbocycles. The molecule has 0 unspecified atom stereocenters. The van der Waals surface area contributed by atoms with Crippen LogP contribution in [0.4, 0.5) is 0 Å². The van der Waals surface area contributed by atoms with Crippen LogP contribution in [0, 0.1) is 0 Å². The van der Waals surface area contributed by atoms with Gasteiger partial charge in [0.05, 0.1) is 0 Å². The molecule has 13 heavy (non-hydrogen) atoms. The van der Waals surface area contributed by atoms with E-state index in [4.69, 9.17) is 0 Å². The minimum absolute atomic E-state index is 0.0822. The second-order valence-corrected chi connectivity index (χ2v) is 4.16. The Hall–Kier alpha value is 0.460. The van der Waals surface area contributed by atoms with Crippen LogP contribution in [0.1, 0.15) is 0 Å². The highest BCUT2D eigenvalue weighted by Gasteiger charge is 2.07. The van der Waals surface area contributed by atoms with Crippen molar-refractivity contribution in [2.24, 2.45) is 0 Å². The van der Waals surface area contributed by atoms with Crippen molar-refractivity contribution in [1.29, 1.82) is 0 Å². The van der Waals surface area contributed by atoms with Gasteiger partial charge in [0.25, 0.3) is 0 Å². The largest absolute Gasteiger partial charge is 0.399 e. The van der Waals surface area contributed by atoms with Crippen molar-refractivity contribution in [2.45, 2.75) is 0 Å². The molecule has 0 amide bonds. The van der Waals surface area contributed by atoms with Crippen molar-refractivity contribution >= 4 is 93.4 Å². The summed E-state index contributed by atoms with van der Waals surface area (Å²) in [5.74, 6) is 0. The average molecular weight is 290 g/mol. The normalized spacial score (nSPS) is 8.46. The van der Waals surface area contributed by atoms with Crippen LogP contribution in [0.25, 0.3) is 0 Å². The van der Waals surface area contributed by atoms with E-state index in [1.54, 1.807) is 0 Å². The van der Waals surface area contributed by atoms with Crippen LogP contribution in [0.5, 0.6) is 0 Å². The Balaban J connectivity index is 3.85. The second kappa shape index (κ2) is 6.85. The molecule has 0 saturated heterocycles. The highest BCUT2D eigenvalue weighted by Crippen LogP contribution is 1.98. The maximum Gasteiger partial charge on any atom is 0.367 e. The number of rotatable bonds is 0. The van der Waals surface area contributed by atoms with Crippen LogP contribution >= 0.6 is 74.1 Å². The third-order valence-corrected chi connectivity index (χ3v) is 1.19. The highest BCUT2D eigenvalue weighted by atomic mass is 32.1. The fourth-order valence-corrected chi connectivity index (χ4v) is 1.17. The molecule has 0 aliphatic carbocycles. The molecule has 0 fully saturated rings. The van der Waals surface area contributed by atoms with Crippen molar-refractivity contribution in [3.05, 3.63) is 0 Å². The molecule has 0 aromatic heterocycles. The number of thiocarbonyl (C=S) groups is 4. The molecule has 0 bridgehead atoms. The van der Waals surface area contributed by atoms with Crippen molar-refractivity contribution in [3.8, 4) is 0 Å². The van der Waals surface area contributed by atoms with E-state index < -0.39 is 0 Å². The maximum atomic E-state index is 4.62. The Morgan fingerprint density at radius 2 is 1.00 bits per heavy atom. The monoisotopic (exact) mass is 290 g/mol. The van der Waals surface area contributed by atoms with E-state index in [1.807, 2.05) is 0 Å². The molecule has 0 aliphatic rings. The fraction of sp³-hybridized carbons (Fsp3) is 0. The summed E-state index contributed by atoms with van der Waals surface area (Å²) in [6, 6.07) is 0. The van der Waals surface area contributed by atoms with E-state index in [2.05, 4.69) is 88.3 Å².